The van der Waals surface area contributed by atoms with E-state index in [1.165, 1.54) is 18.6 Å². The number of H-pyrrole nitrogens is 1. The van der Waals surface area contributed by atoms with Crippen LogP contribution in [0.2, 0.25) is 0 Å². The molecule has 3 aromatic heterocycles. The Morgan fingerprint density at radius 3 is 2.79 bits per heavy atom. The van der Waals surface area contributed by atoms with Gasteiger partial charge in [-0.25, -0.2) is 14.8 Å². The van der Waals surface area contributed by atoms with Crippen molar-refractivity contribution in [3.63, 3.8) is 0 Å². The summed E-state index contributed by atoms with van der Waals surface area (Å²) in [5, 5.41) is 6.66. The van der Waals surface area contributed by atoms with Crippen molar-refractivity contribution < 1.29 is 14.3 Å². The van der Waals surface area contributed by atoms with Crippen LogP contribution in [-0.2, 0) is 4.74 Å². The molecule has 1 aliphatic heterocycles. The SMILES string of the molecule is CC(C)(C)OC(=O)N[C@@H]1CCCN(c2c(Br)cnc3[nH]cc(NC(=O)c4cnccn4)c23)C1. The molecule has 0 aromatic carbocycles. The van der Waals surface area contributed by atoms with Gasteiger partial charge in [-0.2, -0.15) is 0 Å². The topological polar surface area (TPSA) is 125 Å². The lowest BCUT2D eigenvalue weighted by Crippen LogP contribution is -2.49. The largest absolute Gasteiger partial charge is 0.444 e. The Kier molecular flexibility index (Phi) is 6.50. The van der Waals surface area contributed by atoms with Crippen molar-refractivity contribution >= 4 is 50.3 Å². The van der Waals surface area contributed by atoms with E-state index < -0.39 is 11.7 Å². The Morgan fingerprint density at radius 2 is 2.06 bits per heavy atom. The second kappa shape index (κ2) is 9.34. The molecule has 11 heteroatoms. The minimum atomic E-state index is -0.555. The average molecular weight is 516 g/mol. The summed E-state index contributed by atoms with van der Waals surface area (Å²) in [6.45, 7) is 6.92. The molecule has 2 amide bonds. The van der Waals surface area contributed by atoms with Gasteiger partial charge in [0, 0.05) is 43.9 Å². The number of hydrogen-bond donors (Lipinski definition) is 3. The molecular weight excluding hydrogens is 490 g/mol. The first-order chi connectivity index (χ1) is 15.7. The lowest BCUT2D eigenvalue weighted by atomic mass is 10.0. The quantitative estimate of drug-likeness (QED) is 0.481. The Morgan fingerprint density at radius 1 is 1.24 bits per heavy atom. The molecule has 1 fully saturated rings. The summed E-state index contributed by atoms with van der Waals surface area (Å²) in [6.07, 6.45) is 9.16. The van der Waals surface area contributed by atoms with Crippen molar-refractivity contribution in [2.75, 3.05) is 23.3 Å². The number of aromatic amines is 1. The van der Waals surface area contributed by atoms with Crippen molar-refractivity contribution in [1.82, 2.24) is 25.3 Å². The van der Waals surface area contributed by atoms with Crippen LogP contribution in [0.3, 0.4) is 0 Å². The highest BCUT2D eigenvalue weighted by Gasteiger charge is 2.27. The number of ether oxygens (including phenoxy) is 1. The van der Waals surface area contributed by atoms with Gasteiger partial charge in [-0.3, -0.25) is 9.78 Å². The summed E-state index contributed by atoms with van der Waals surface area (Å²) < 4.78 is 6.21. The number of nitrogens with zero attached hydrogens (tertiary/aromatic N) is 4. The van der Waals surface area contributed by atoms with Crippen molar-refractivity contribution in [2.24, 2.45) is 0 Å². The van der Waals surface area contributed by atoms with Crippen LogP contribution >= 0.6 is 15.9 Å². The molecule has 10 nitrogen and oxygen atoms in total. The number of nitrogens with one attached hydrogen (secondary N) is 3. The van der Waals surface area contributed by atoms with Gasteiger partial charge in [0.15, 0.2) is 0 Å². The fourth-order valence-corrected chi connectivity index (χ4v) is 4.39. The zero-order chi connectivity index (χ0) is 23.6. The fourth-order valence-electron chi connectivity index (χ4n) is 3.84. The number of aromatic nitrogens is 4. The van der Waals surface area contributed by atoms with Crippen LogP contribution in [0, 0.1) is 0 Å². The molecule has 0 saturated carbocycles. The third-order valence-electron chi connectivity index (χ3n) is 5.13. The van der Waals surface area contributed by atoms with Gasteiger partial charge >= 0.3 is 6.09 Å². The molecule has 0 spiro atoms. The Bertz CT molecular complexity index is 1160. The molecule has 0 aliphatic carbocycles. The monoisotopic (exact) mass is 515 g/mol. The number of hydrogen-bond acceptors (Lipinski definition) is 7. The summed E-state index contributed by atoms with van der Waals surface area (Å²) in [5.74, 6) is -0.363. The molecule has 3 aromatic rings. The van der Waals surface area contributed by atoms with E-state index in [0.29, 0.717) is 17.9 Å². The van der Waals surface area contributed by atoms with Crippen LogP contribution in [0.4, 0.5) is 16.2 Å². The van der Waals surface area contributed by atoms with Gasteiger partial charge in [-0.1, -0.05) is 0 Å². The standard InChI is InChI=1S/C22H26BrN7O3/c1-22(2,3)33-21(32)28-13-5-4-8-30(12-13)18-14(23)9-26-19-17(18)15(11-27-19)29-20(31)16-10-24-6-7-25-16/h6-7,9-11,13H,4-5,8,12H2,1-3H3,(H,26,27)(H,28,32)(H,29,31)/t13-/m1/s1. The average Bonchev–Trinajstić information content (AvgIpc) is 3.15. The number of fused-ring (bicyclic) bond motifs is 1. The number of piperidine rings is 1. The predicted octanol–water partition coefficient (Wildman–Crippen LogP) is 3.86. The van der Waals surface area contributed by atoms with Gasteiger partial charge in [0.05, 0.1) is 27.4 Å². The number of alkyl carbamates (subject to hydrolysis) is 1. The van der Waals surface area contributed by atoms with E-state index >= 15 is 0 Å². The molecule has 0 radical (unpaired) electrons. The fraction of sp³-hybridized carbons (Fsp3) is 0.409. The van der Waals surface area contributed by atoms with E-state index in [2.05, 4.69) is 51.4 Å². The molecule has 0 bridgehead atoms. The number of carbonyl (C=O) groups is 2. The van der Waals surface area contributed by atoms with Gasteiger partial charge < -0.3 is 25.3 Å². The summed E-state index contributed by atoms with van der Waals surface area (Å²) >= 11 is 3.63. The smallest absolute Gasteiger partial charge is 0.407 e. The molecule has 4 rings (SSSR count). The Labute approximate surface area is 199 Å². The second-order valence-electron chi connectivity index (χ2n) is 8.86. The van der Waals surface area contributed by atoms with E-state index in [-0.39, 0.29) is 17.6 Å². The third kappa shape index (κ3) is 5.41. The van der Waals surface area contributed by atoms with Crippen LogP contribution in [0.25, 0.3) is 11.0 Å². The van der Waals surface area contributed by atoms with Crippen molar-refractivity contribution in [3.8, 4) is 0 Å². The number of amides is 2. The number of rotatable bonds is 4. The minimum absolute atomic E-state index is 0.0692. The first-order valence-corrected chi connectivity index (χ1v) is 11.5. The maximum Gasteiger partial charge on any atom is 0.407 e. The number of carbonyl (C=O) groups excluding carboxylic acids is 2. The predicted molar refractivity (Wildman–Crippen MR) is 128 cm³/mol. The zero-order valence-electron chi connectivity index (χ0n) is 18.7. The molecule has 0 unspecified atom stereocenters. The normalized spacial score (nSPS) is 16.5. The number of pyridine rings is 1. The molecule has 174 valence electrons. The van der Waals surface area contributed by atoms with Gasteiger partial charge in [-0.05, 0) is 49.5 Å². The summed E-state index contributed by atoms with van der Waals surface area (Å²) in [7, 11) is 0. The van der Waals surface area contributed by atoms with Crippen molar-refractivity contribution in [1.29, 1.82) is 0 Å². The van der Waals surface area contributed by atoms with E-state index in [9.17, 15) is 9.59 Å². The molecule has 1 saturated heterocycles. The highest BCUT2D eigenvalue weighted by atomic mass is 79.9. The highest BCUT2D eigenvalue weighted by molar-refractivity contribution is 9.10. The summed E-state index contributed by atoms with van der Waals surface area (Å²) in [5.41, 5.74) is 1.79. The van der Waals surface area contributed by atoms with Gasteiger partial charge in [0.25, 0.3) is 5.91 Å². The van der Waals surface area contributed by atoms with Gasteiger partial charge in [0.2, 0.25) is 0 Å². The Hall–Kier alpha value is -3.21. The van der Waals surface area contributed by atoms with Crippen LogP contribution in [0.1, 0.15) is 44.1 Å². The number of anilines is 2. The summed E-state index contributed by atoms with van der Waals surface area (Å²) in [4.78, 5) is 42.7. The second-order valence-corrected chi connectivity index (χ2v) is 9.71. The molecule has 3 N–H and O–H groups in total. The lowest BCUT2D eigenvalue weighted by molar-refractivity contribution is 0.0500. The van der Waals surface area contributed by atoms with Crippen molar-refractivity contribution in [2.45, 2.75) is 45.3 Å². The Balaban J connectivity index is 1.59. The maximum atomic E-state index is 12.7. The van der Waals surface area contributed by atoms with Gasteiger partial charge in [-0.15, -0.1) is 0 Å². The number of halogens is 1. The van der Waals surface area contributed by atoms with Crippen LogP contribution in [0.15, 0.2) is 35.5 Å². The van der Waals surface area contributed by atoms with Gasteiger partial charge in [0.1, 0.15) is 16.9 Å². The van der Waals surface area contributed by atoms with Crippen LogP contribution in [-0.4, -0.2) is 56.7 Å². The van der Waals surface area contributed by atoms with E-state index in [4.69, 9.17) is 4.74 Å². The molecular formula is C22H26BrN7O3. The minimum Gasteiger partial charge on any atom is -0.444 e. The van der Waals surface area contributed by atoms with Crippen LogP contribution in [0.5, 0.6) is 0 Å². The first kappa shape index (κ1) is 23.0. The van der Waals surface area contributed by atoms with Crippen molar-refractivity contribution in [3.05, 3.63) is 41.2 Å². The summed E-state index contributed by atoms with van der Waals surface area (Å²) in [6, 6.07) is -0.0692. The molecule has 1 atom stereocenters. The van der Waals surface area contributed by atoms with E-state index in [1.54, 1.807) is 12.4 Å². The molecule has 1 aliphatic rings. The lowest BCUT2D eigenvalue weighted by Gasteiger charge is -2.36. The van der Waals surface area contributed by atoms with Crippen LogP contribution < -0.4 is 15.5 Å². The molecule has 33 heavy (non-hydrogen) atoms. The maximum absolute atomic E-state index is 12.7. The third-order valence-corrected chi connectivity index (χ3v) is 5.71. The zero-order valence-corrected chi connectivity index (χ0v) is 20.3. The van der Waals surface area contributed by atoms with E-state index in [0.717, 1.165) is 34.9 Å². The molecule has 4 heterocycles. The highest BCUT2D eigenvalue weighted by Crippen LogP contribution is 2.39. The first-order valence-electron chi connectivity index (χ1n) is 10.7. The van der Waals surface area contributed by atoms with E-state index in [1.807, 2.05) is 20.8 Å².